The maximum Gasteiger partial charge on any atom is 0.316 e. The summed E-state index contributed by atoms with van der Waals surface area (Å²) in [6.45, 7) is 9.02. The van der Waals surface area contributed by atoms with Crippen LogP contribution in [0.5, 0.6) is 0 Å². The second kappa shape index (κ2) is 8.64. The van der Waals surface area contributed by atoms with Gasteiger partial charge in [0.25, 0.3) is 11.4 Å². The minimum Gasteiger partial charge on any atom is -0.464 e. The van der Waals surface area contributed by atoms with Crippen LogP contribution in [-0.2, 0) is 14.9 Å². The van der Waals surface area contributed by atoms with Crippen molar-refractivity contribution in [3.63, 3.8) is 0 Å². The van der Waals surface area contributed by atoms with E-state index in [2.05, 4.69) is 32.6 Å². The molecule has 2 rings (SSSR count). The number of ether oxygens (including phenoxy) is 1. The quantitative estimate of drug-likeness (QED) is 0.357. The highest BCUT2D eigenvalue weighted by atomic mass is 16.6. The van der Waals surface area contributed by atoms with E-state index in [1.165, 1.54) is 12.1 Å². The molecule has 154 valence electrons. The van der Waals surface area contributed by atoms with Crippen LogP contribution in [0.4, 0.5) is 11.4 Å². The van der Waals surface area contributed by atoms with E-state index < -0.39 is 26.9 Å². The van der Waals surface area contributed by atoms with Gasteiger partial charge < -0.3 is 4.74 Å². The molecule has 0 heterocycles. The van der Waals surface area contributed by atoms with Crippen LogP contribution in [0.2, 0.25) is 0 Å². The van der Waals surface area contributed by atoms with Crippen LogP contribution in [0, 0.1) is 20.2 Å². The largest absolute Gasteiger partial charge is 0.464 e. The van der Waals surface area contributed by atoms with Gasteiger partial charge in [0.05, 0.1) is 21.3 Å². The van der Waals surface area contributed by atoms with Crippen molar-refractivity contribution in [3.05, 3.63) is 44.0 Å². The van der Waals surface area contributed by atoms with Crippen molar-refractivity contribution in [1.29, 1.82) is 0 Å². The van der Waals surface area contributed by atoms with Crippen molar-refractivity contribution >= 4 is 17.3 Å². The van der Waals surface area contributed by atoms with Crippen LogP contribution >= 0.6 is 0 Å². The van der Waals surface area contributed by atoms with Gasteiger partial charge in [-0.05, 0) is 46.6 Å². The number of carbonyl (C=O) groups is 1. The van der Waals surface area contributed by atoms with Crippen molar-refractivity contribution in [3.8, 4) is 0 Å². The Kier molecular flexibility index (Phi) is 6.71. The number of benzene rings is 1. The molecule has 0 spiro atoms. The first-order chi connectivity index (χ1) is 13.1. The Hall–Kier alpha value is -2.55. The van der Waals surface area contributed by atoms with Crippen LogP contribution in [0.15, 0.2) is 18.2 Å². The average molecular weight is 393 g/mol. The lowest BCUT2D eigenvalue weighted by Gasteiger charge is -2.39. The monoisotopic (exact) mass is 393 g/mol. The lowest BCUT2D eigenvalue weighted by atomic mass is 9.64. The fourth-order valence-corrected chi connectivity index (χ4v) is 3.80. The summed E-state index contributed by atoms with van der Waals surface area (Å²) in [6, 6.07) is 4.04. The highest BCUT2D eigenvalue weighted by Gasteiger charge is 2.51. The number of carbonyl (C=O) groups excluding carboxylic acids is 1. The van der Waals surface area contributed by atoms with Crippen molar-refractivity contribution in [2.45, 2.75) is 64.5 Å². The molecule has 1 aliphatic rings. The van der Waals surface area contributed by atoms with E-state index in [0.29, 0.717) is 31.5 Å². The summed E-state index contributed by atoms with van der Waals surface area (Å²) >= 11 is 0. The number of hydrogen-bond donors (Lipinski definition) is 0. The van der Waals surface area contributed by atoms with E-state index >= 15 is 0 Å². The molecule has 0 saturated heterocycles. The Morgan fingerprint density at radius 2 is 1.75 bits per heavy atom. The van der Waals surface area contributed by atoms with Gasteiger partial charge >= 0.3 is 5.97 Å². The Labute approximate surface area is 164 Å². The molecule has 9 heteroatoms. The lowest BCUT2D eigenvalue weighted by molar-refractivity contribution is -0.395. The van der Waals surface area contributed by atoms with E-state index in [1.54, 1.807) is 0 Å². The van der Waals surface area contributed by atoms with Gasteiger partial charge in [-0.1, -0.05) is 6.42 Å². The molecule has 1 aromatic rings. The molecule has 1 aromatic carbocycles. The van der Waals surface area contributed by atoms with Gasteiger partial charge in [-0.15, -0.1) is 0 Å². The molecule has 0 bridgehead atoms. The average Bonchev–Trinajstić information content (AvgIpc) is 2.56. The molecule has 0 amide bonds. The molecular weight excluding hydrogens is 366 g/mol. The second-order valence-electron chi connectivity index (χ2n) is 7.71. The molecule has 9 nitrogen and oxygen atoms in total. The topological polar surface area (TPSA) is 116 Å². The molecule has 28 heavy (non-hydrogen) atoms. The molecule has 0 unspecified atom stereocenters. The van der Waals surface area contributed by atoms with Crippen LogP contribution in [0.3, 0.4) is 0 Å². The van der Waals surface area contributed by atoms with Gasteiger partial charge in [0, 0.05) is 30.3 Å². The molecule has 1 fully saturated rings. The number of nitrogens with zero attached hydrogens (tertiary/aromatic N) is 3. The standard InChI is InChI=1S/C19H27N3O6/c1-13(2)20(14(3)4)10-11-28-18(23)19(8-5-9-19)16-7-6-15(21(24)25)12-17(16)22(26)27/h6-7,12-14H,5,8-11H2,1-4H3. The predicted molar refractivity (Wildman–Crippen MR) is 103 cm³/mol. The number of non-ortho nitro benzene ring substituents is 1. The SMILES string of the molecule is CC(C)N(CCOC(=O)C1(c2ccc([N+](=O)[O-])cc2[N+](=O)[O-])CCC1)C(C)C. The van der Waals surface area contributed by atoms with E-state index in [4.69, 9.17) is 4.74 Å². The van der Waals surface area contributed by atoms with Crippen molar-refractivity contribution in [2.24, 2.45) is 0 Å². The molecule has 0 aliphatic heterocycles. The first-order valence-electron chi connectivity index (χ1n) is 9.46. The number of nitro groups is 2. The van der Waals surface area contributed by atoms with Crippen molar-refractivity contribution < 1.29 is 19.4 Å². The maximum absolute atomic E-state index is 12.9. The zero-order valence-corrected chi connectivity index (χ0v) is 16.7. The van der Waals surface area contributed by atoms with Crippen molar-refractivity contribution in [1.82, 2.24) is 4.90 Å². The van der Waals surface area contributed by atoms with E-state index in [0.717, 1.165) is 12.5 Å². The molecule has 0 aromatic heterocycles. The molecular formula is C19H27N3O6. The summed E-state index contributed by atoms with van der Waals surface area (Å²) in [5, 5.41) is 22.4. The Balaban J connectivity index is 2.22. The van der Waals surface area contributed by atoms with Gasteiger partial charge in [0.1, 0.15) is 6.61 Å². The summed E-state index contributed by atoms with van der Waals surface area (Å²) < 4.78 is 5.51. The highest BCUT2D eigenvalue weighted by molar-refractivity contribution is 5.86. The number of hydrogen-bond acceptors (Lipinski definition) is 7. The predicted octanol–water partition coefficient (Wildman–Crippen LogP) is 3.59. The van der Waals surface area contributed by atoms with Gasteiger partial charge in [0.2, 0.25) is 0 Å². The maximum atomic E-state index is 12.9. The summed E-state index contributed by atoms with van der Waals surface area (Å²) in [4.78, 5) is 36.1. The zero-order chi connectivity index (χ0) is 21.1. The Bertz CT molecular complexity index is 750. The van der Waals surface area contributed by atoms with Crippen LogP contribution in [0.1, 0.15) is 52.5 Å². The molecule has 1 aliphatic carbocycles. The third-order valence-electron chi connectivity index (χ3n) is 5.41. The second-order valence-corrected chi connectivity index (χ2v) is 7.71. The third kappa shape index (κ3) is 4.30. The fourth-order valence-electron chi connectivity index (χ4n) is 3.80. The Morgan fingerprint density at radius 3 is 2.18 bits per heavy atom. The number of nitro benzene ring substituents is 2. The lowest BCUT2D eigenvalue weighted by Crippen LogP contribution is -2.45. The fraction of sp³-hybridized carbons (Fsp3) is 0.632. The third-order valence-corrected chi connectivity index (χ3v) is 5.41. The summed E-state index contributed by atoms with van der Waals surface area (Å²) in [7, 11) is 0. The molecule has 0 radical (unpaired) electrons. The van der Waals surface area contributed by atoms with Crippen LogP contribution in [-0.4, -0.2) is 46.0 Å². The summed E-state index contributed by atoms with van der Waals surface area (Å²) in [5.74, 6) is -0.497. The summed E-state index contributed by atoms with van der Waals surface area (Å²) in [6.07, 6.45) is 1.61. The van der Waals surface area contributed by atoms with Gasteiger partial charge in [-0.2, -0.15) is 0 Å². The Morgan fingerprint density at radius 1 is 1.14 bits per heavy atom. The zero-order valence-electron chi connectivity index (χ0n) is 16.7. The van der Waals surface area contributed by atoms with Gasteiger partial charge in [-0.25, -0.2) is 0 Å². The summed E-state index contributed by atoms with van der Waals surface area (Å²) in [5.41, 5.74) is -1.68. The number of esters is 1. The normalized spacial score (nSPS) is 15.5. The smallest absolute Gasteiger partial charge is 0.316 e. The number of rotatable bonds is 9. The minimum atomic E-state index is -1.10. The van der Waals surface area contributed by atoms with Crippen molar-refractivity contribution in [2.75, 3.05) is 13.2 Å². The van der Waals surface area contributed by atoms with Crippen LogP contribution in [0.25, 0.3) is 0 Å². The van der Waals surface area contributed by atoms with Crippen LogP contribution < -0.4 is 0 Å². The minimum absolute atomic E-state index is 0.192. The van der Waals surface area contributed by atoms with E-state index in [1.807, 2.05) is 0 Å². The first kappa shape index (κ1) is 21.7. The molecule has 0 N–H and O–H groups in total. The first-order valence-corrected chi connectivity index (χ1v) is 9.46. The van der Waals surface area contributed by atoms with Gasteiger partial charge in [0.15, 0.2) is 0 Å². The van der Waals surface area contributed by atoms with E-state index in [-0.39, 0.29) is 17.9 Å². The van der Waals surface area contributed by atoms with Gasteiger partial charge in [-0.3, -0.25) is 29.9 Å². The molecule has 0 atom stereocenters. The highest BCUT2D eigenvalue weighted by Crippen LogP contribution is 2.48. The molecule has 1 saturated carbocycles. The van der Waals surface area contributed by atoms with E-state index in [9.17, 15) is 25.0 Å².